The van der Waals surface area contributed by atoms with Crippen molar-refractivity contribution >= 4 is 11.6 Å². The molecule has 1 heterocycles. The first kappa shape index (κ1) is 12.8. The molecular weight excluding hydrogens is 237 g/mol. The summed E-state index contributed by atoms with van der Waals surface area (Å²) >= 11 is 6.04. The minimum absolute atomic E-state index is 0.168. The Morgan fingerprint density at radius 1 is 1.18 bits per heavy atom. The van der Waals surface area contributed by atoms with Crippen LogP contribution < -0.4 is 0 Å². The highest BCUT2D eigenvalue weighted by Gasteiger charge is 2.19. The average molecular weight is 256 g/mol. The van der Waals surface area contributed by atoms with Crippen molar-refractivity contribution in [2.45, 2.75) is 38.3 Å². The molecule has 0 aromatic heterocycles. The summed E-state index contributed by atoms with van der Waals surface area (Å²) in [5, 5.41) is 0. The molecule has 2 rings (SSSR count). The molecule has 1 aromatic carbocycles. The maximum Gasteiger partial charge on any atom is 0.123 e. The molecule has 0 radical (unpaired) electrons. The van der Waals surface area contributed by atoms with E-state index in [9.17, 15) is 4.39 Å². The number of nitrogens with zero attached hydrogens (tertiary/aromatic N) is 1. The summed E-state index contributed by atoms with van der Waals surface area (Å²) in [7, 11) is 0. The molecule has 1 aliphatic rings. The van der Waals surface area contributed by atoms with Gasteiger partial charge in [0.15, 0.2) is 0 Å². The van der Waals surface area contributed by atoms with Crippen LogP contribution in [-0.4, -0.2) is 23.4 Å². The molecule has 0 amide bonds. The maximum atomic E-state index is 12.8. The first-order valence-electron chi connectivity index (χ1n) is 6.34. The number of halogens is 2. The van der Waals surface area contributed by atoms with E-state index in [-0.39, 0.29) is 5.82 Å². The predicted octanol–water partition coefficient (Wildman–Crippen LogP) is 3.81. The van der Waals surface area contributed by atoms with Crippen LogP contribution in [0, 0.1) is 5.82 Å². The second-order valence-corrected chi connectivity index (χ2v) is 5.06. The zero-order valence-corrected chi connectivity index (χ0v) is 10.8. The summed E-state index contributed by atoms with van der Waals surface area (Å²) in [5.74, 6) is 0.528. The molecule has 94 valence electrons. The molecule has 3 heteroatoms. The lowest BCUT2D eigenvalue weighted by Gasteiger charge is -2.28. The Morgan fingerprint density at radius 2 is 1.94 bits per heavy atom. The largest absolute Gasteiger partial charge is 0.295 e. The lowest BCUT2D eigenvalue weighted by atomic mass is 10.1. The zero-order valence-electron chi connectivity index (χ0n) is 10.0. The van der Waals surface area contributed by atoms with E-state index in [1.165, 1.54) is 43.4 Å². The van der Waals surface area contributed by atoms with Crippen LogP contribution in [0.4, 0.5) is 4.39 Å². The molecule has 1 saturated heterocycles. The van der Waals surface area contributed by atoms with E-state index >= 15 is 0 Å². The van der Waals surface area contributed by atoms with Crippen molar-refractivity contribution in [3.05, 3.63) is 35.6 Å². The molecule has 1 atom stereocenters. The van der Waals surface area contributed by atoms with E-state index in [0.29, 0.717) is 11.9 Å². The molecule has 1 unspecified atom stereocenters. The Labute approximate surface area is 108 Å². The van der Waals surface area contributed by atoms with Gasteiger partial charge in [-0.2, -0.15) is 0 Å². The summed E-state index contributed by atoms with van der Waals surface area (Å²) in [6, 6.07) is 7.27. The number of likely N-dealkylation sites (tertiary alicyclic amines) is 1. The Hall–Kier alpha value is -0.600. The van der Waals surface area contributed by atoms with Gasteiger partial charge in [-0.15, -0.1) is 11.6 Å². The van der Waals surface area contributed by atoms with Crippen molar-refractivity contribution in [3.8, 4) is 0 Å². The number of alkyl halides is 1. The zero-order chi connectivity index (χ0) is 12.1. The monoisotopic (exact) mass is 255 g/mol. The maximum absolute atomic E-state index is 12.8. The van der Waals surface area contributed by atoms with E-state index in [1.807, 2.05) is 12.1 Å². The molecule has 1 nitrogen and oxygen atoms in total. The van der Waals surface area contributed by atoms with Crippen LogP contribution in [0.15, 0.2) is 24.3 Å². The first-order valence-corrected chi connectivity index (χ1v) is 6.87. The number of hydrogen-bond donors (Lipinski definition) is 0. The highest BCUT2D eigenvalue weighted by atomic mass is 35.5. The molecule has 17 heavy (non-hydrogen) atoms. The van der Waals surface area contributed by atoms with Gasteiger partial charge in [0, 0.05) is 18.5 Å². The molecular formula is C14H19ClFN. The lowest BCUT2D eigenvalue weighted by Crippen LogP contribution is -2.35. The van der Waals surface area contributed by atoms with Gasteiger partial charge in [-0.25, -0.2) is 4.39 Å². The van der Waals surface area contributed by atoms with Gasteiger partial charge in [-0.3, -0.25) is 4.90 Å². The molecule has 1 aliphatic heterocycles. The van der Waals surface area contributed by atoms with Crippen molar-refractivity contribution in [2.75, 3.05) is 12.4 Å². The summed E-state index contributed by atoms with van der Waals surface area (Å²) in [4.78, 5) is 2.44. The van der Waals surface area contributed by atoms with E-state index in [0.717, 1.165) is 13.1 Å². The fourth-order valence-electron chi connectivity index (χ4n) is 2.44. The van der Waals surface area contributed by atoms with Crippen molar-refractivity contribution < 1.29 is 4.39 Å². The van der Waals surface area contributed by atoms with Crippen molar-refractivity contribution in [3.63, 3.8) is 0 Å². The Bertz CT molecular complexity index is 339. The van der Waals surface area contributed by atoms with Gasteiger partial charge in [-0.1, -0.05) is 25.0 Å². The van der Waals surface area contributed by atoms with Gasteiger partial charge in [0.2, 0.25) is 0 Å². The van der Waals surface area contributed by atoms with E-state index < -0.39 is 0 Å². The normalized spacial score (nSPS) is 22.4. The van der Waals surface area contributed by atoms with Gasteiger partial charge < -0.3 is 0 Å². The molecule has 0 N–H and O–H groups in total. The highest BCUT2D eigenvalue weighted by molar-refractivity contribution is 6.18. The minimum Gasteiger partial charge on any atom is -0.295 e. The summed E-state index contributed by atoms with van der Waals surface area (Å²) in [6.45, 7) is 1.99. The first-order chi connectivity index (χ1) is 8.29. The van der Waals surface area contributed by atoms with Crippen molar-refractivity contribution in [1.29, 1.82) is 0 Å². The second kappa shape index (κ2) is 6.36. The molecule has 0 bridgehead atoms. The molecule has 1 aromatic rings. The second-order valence-electron chi connectivity index (χ2n) is 4.75. The van der Waals surface area contributed by atoms with Crippen LogP contribution in [0.2, 0.25) is 0 Å². The van der Waals surface area contributed by atoms with E-state index in [2.05, 4.69) is 4.90 Å². The summed E-state index contributed by atoms with van der Waals surface area (Å²) < 4.78 is 12.8. The SMILES string of the molecule is Fc1ccc(CN2CCCCCC2CCl)cc1. The minimum atomic E-state index is -0.168. The summed E-state index contributed by atoms with van der Waals surface area (Å²) in [6.07, 6.45) is 5.00. The summed E-state index contributed by atoms with van der Waals surface area (Å²) in [5.41, 5.74) is 1.17. The Balaban J connectivity index is 2.01. The van der Waals surface area contributed by atoms with E-state index in [1.54, 1.807) is 0 Å². The van der Waals surface area contributed by atoms with E-state index in [4.69, 9.17) is 11.6 Å². The topological polar surface area (TPSA) is 3.24 Å². The quantitative estimate of drug-likeness (QED) is 0.743. The predicted molar refractivity (Wildman–Crippen MR) is 69.8 cm³/mol. The number of hydrogen-bond acceptors (Lipinski definition) is 1. The van der Waals surface area contributed by atoms with Crippen LogP contribution in [0.5, 0.6) is 0 Å². The molecule has 0 aliphatic carbocycles. The number of benzene rings is 1. The Morgan fingerprint density at radius 3 is 2.65 bits per heavy atom. The third kappa shape index (κ3) is 3.68. The van der Waals surface area contributed by atoms with Crippen LogP contribution in [-0.2, 0) is 6.54 Å². The smallest absolute Gasteiger partial charge is 0.123 e. The van der Waals surface area contributed by atoms with Crippen molar-refractivity contribution in [2.24, 2.45) is 0 Å². The fraction of sp³-hybridized carbons (Fsp3) is 0.571. The lowest BCUT2D eigenvalue weighted by molar-refractivity contribution is 0.207. The van der Waals surface area contributed by atoms with Crippen LogP contribution in [0.25, 0.3) is 0 Å². The number of rotatable bonds is 3. The third-order valence-electron chi connectivity index (χ3n) is 3.48. The average Bonchev–Trinajstić information content (AvgIpc) is 2.57. The fourth-order valence-corrected chi connectivity index (χ4v) is 2.79. The van der Waals surface area contributed by atoms with Crippen LogP contribution in [0.3, 0.4) is 0 Å². The molecule has 1 fully saturated rings. The van der Waals surface area contributed by atoms with Gasteiger partial charge in [-0.05, 0) is 37.1 Å². The Kier molecular flexibility index (Phi) is 4.81. The van der Waals surface area contributed by atoms with Gasteiger partial charge in [0.25, 0.3) is 0 Å². The molecule has 0 spiro atoms. The van der Waals surface area contributed by atoms with Crippen LogP contribution in [0.1, 0.15) is 31.2 Å². The van der Waals surface area contributed by atoms with Crippen LogP contribution >= 0.6 is 11.6 Å². The standard InChI is InChI=1S/C14H19ClFN/c15-10-14-4-2-1-3-9-17(14)11-12-5-7-13(16)8-6-12/h5-8,14H,1-4,9-11H2. The van der Waals surface area contributed by atoms with Crippen molar-refractivity contribution in [1.82, 2.24) is 4.90 Å². The van der Waals surface area contributed by atoms with Gasteiger partial charge in [0.05, 0.1) is 0 Å². The van der Waals surface area contributed by atoms with Gasteiger partial charge >= 0.3 is 0 Å². The molecule has 0 saturated carbocycles. The third-order valence-corrected chi connectivity index (χ3v) is 3.83. The highest BCUT2D eigenvalue weighted by Crippen LogP contribution is 2.20. The van der Waals surface area contributed by atoms with Gasteiger partial charge in [0.1, 0.15) is 5.82 Å².